The SMILES string of the molecule is NC(=Nc1cccc(S(N)(=O)=O)c1)C1CCCCC1. The van der Waals surface area contributed by atoms with Gasteiger partial charge < -0.3 is 5.73 Å². The Bertz CT molecular complexity index is 575. The summed E-state index contributed by atoms with van der Waals surface area (Å²) in [7, 11) is -3.70. The molecule has 6 heteroatoms. The number of amidine groups is 1. The summed E-state index contributed by atoms with van der Waals surface area (Å²) in [4.78, 5) is 4.39. The van der Waals surface area contributed by atoms with Crippen molar-refractivity contribution >= 4 is 21.5 Å². The quantitative estimate of drug-likeness (QED) is 0.654. The van der Waals surface area contributed by atoms with Gasteiger partial charge in [-0.25, -0.2) is 18.5 Å². The minimum Gasteiger partial charge on any atom is -0.387 e. The monoisotopic (exact) mass is 281 g/mol. The maximum absolute atomic E-state index is 11.3. The third kappa shape index (κ3) is 3.78. The number of nitrogens with two attached hydrogens (primary N) is 2. The van der Waals surface area contributed by atoms with Crippen LogP contribution < -0.4 is 10.9 Å². The molecule has 0 aliphatic heterocycles. The molecule has 1 aromatic rings. The molecule has 0 aromatic heterocycles. The van der Waals surface area contributed by atoms with Gasteiger partial charge in [0.2, 0.25) is 10.0 Å². The van der Waals surface area contributed by atoms with Crippen molar-refractivity contribution in [3.8, 4) is 0 Å². The summed E-state index contributed by atoms with van der Waals surface area (Å²) >= 11 is 0. The summed E-state index contributed by atoms with van der Waals surface area (Å²) in [6.45, 7) is 0. The van der Waals surface area contributed by atoms with Crippen molar-refractivity contribution in [2.75, 3.05) is 0 Å². The molecule has 0 spiro atoms. The molecular weight excluding hydrogens is 262 g/mol. The number of hydrogen-bond acceptors (Lipinski definition) is 3. The van der Waals surface area contributed by atoms with Gasteiger partial charge in [-0.2, -0.15) is 0 Å². The van der Waals surface area contributed by atoms with E-state index in [1.807, 2.05) is 0 Å². The van der Waals surface area contributed by atoms with E-state index < -0.39 is 10.0 Å². The largest absolute Gasteiger partial charge is 0.387 e. The molecule has 0 heterocycles. The van der Waals surface area contributed by atoms with Crippen LogP contribution in [0.1, 0.15) is 32.1 Å². The predicted molar refractivity (Wildman–Crippen MR) is 75.7 cm³/mol. The van der Waals surface area contributed by atoms with Crippen molar-refractivity contribution < 1.29 is 8.42 Å². The van der Waals surface area contributed by atoms with E-state index in [2.05, 4.69) is 4.99 Å². The summed E-state index contributed by atoms with van der Waals surface area (Å²) in [5.74, 6) is 0.901. The van der Waals surface area contributed by atoms with Crippen LogP contribution in [0.3, 0.4) is 0 Å². The van der Waals surface area contributed by atoms with Crippen molar-refractivity contribution in [3.05, 3.63) is 24.3 Å². The van der Waals surface area contributed by atoms with Crippen LogP contribution in [0.2, 0.25) is 0 Å². The number of benzene rings is 1. The second-order valence-corrected chi connectivity index (χ2v) is 6.48. The average Bonchev–Trinajstić information content (AvgIpc) is 2.39. The van der Waals surface area contributed by atoms with Crippen molar-refractivity contribution in [1.82, 2.24) is 0 Å². The number of aliphatic imine (C=N–C) groups is 1. The zero-order chi connectivity index (χ0) is 13.9. The van der Waals surface area contributed by atoms with Crippen molar-refractivity contribution in [1.29, 1.82) is 0 Å². The summed E-state index contributed by atoms with van der Waals surface area (Å²) in [5, 5.41) is 5.09. The molecule has 1 fully saturated rings. The van der Waals surface area contributed by atoms with Crippen LogP contribution in [0.15, 0.2) is 34.2 Å². The number of rotatable bonds is 3. The molecule has 0 unspecified atom stereocenters. The van der Waals surface area contributed by atoms with Gasteiger partial charge in [0.05, 0.1) is 10.6 Å². The maximum Gasteiger partial charge on any atom is 0.238 e. The van der Waals surface area contributed by atoms with E-state index in [-0.39, 0.29) is 4.90 Å². The van der Waals surface area contributed by atoms with Gasteiger partial charge >= 0.3 is 0 Å². The van der Waals surface area contributed by atoms with Crippen molar-refractivity contribution in [2.45, 2.75) is 37.0 Å². The summed E-state index contributed by atoms with van der Waals surface area (Å²) in [6.07, 6.45) is 5.73. The molecule has 0 saturated heterocycles. The fourth-order valence-corrected chi connectivity index (χ4v) is 2.92. The summed E-state index contributed by atoms with van der Waals surface area (Å²) in [5.41, 5.74) is 6.55. The zero-order valence-corrected chi connectivity index (χ0v) is 11.6. The lowest BCUT2D eigenvalue weighted by molar-refractivity contribution is 0.437. The maximum atomic E-state index is 11.3. The number of nitrogens with zero attached hydrogens (tertiary/aromatic N) is 1. The average molecular weight is 281 g/mol. The van der Waals surface area contributed by atoms with Gasteiger partial charge in [0, 0.05) is 5.92 Å². The first-order valence-electron chi connectivity index (χ1n) is 6.44. The van der Waals surface area contributed by atoms with Crippen molar-refractivity contribution in [2.24, 2.45) is 21.8 Å². The minimum atomic E-state index is -3.70. The number of sulfonamides is 1. The lowest BCUT2D eigenvalue weighted by Gasteiger charge is -2.20. The Balaban J connectivity index is 2.22. The third-order valence-electron chi connectivity index (χ3n) is 3.43. The lowest BCUT2D eigenvalue weighted by atomic mass is 9.88. The first kappa shape index (κ1) is 14.0. The topological polar surface area (TPSA) is 98.5 Å². The molecule has 4 N–H and O–H groups in total. The van der Waals surface area contributed by atoms with Gasteiger partial charge in [-0.3, -0.25) is 0 Å². The highest BCUT2D eigenvalue weighted by Crippen LogP contribution is 2.25. The molecule has 0 radical (unpaired) electrons. The van der Waals surface area contributed by atoms with Crippen LogP contribution in [0.5, 0.6) is 0 Å². The molecule has 5 nitrogen and oxygen atoms in total. The predicted octanol–water partition coefficient (Wildman–Crippen LogP) is 1.90. The van der Waals surface area contributed by atoms with Crippen LogP contribution in [-0.2, 0) is 10.0 Å². The Labute approximate surface area is 113 Å². The Morgan fingerprint density at radius 2 is 1.89 bits per heavy atom. The summed E-state index contributed by atoms with van der Waals surface area (Å²) < 4.78 is 22.5. The third-order valence-corrected chi connectivity index (χ3v) is 4.34. The Morgan fingerprint density at radius 3 is 2.53 bits per heavy atom. The van der Waals surface area contributed by atoms with Gasteiger partial charge in [-0.1, -0.05) is 25.3 Å². The smallest absolute Gasteiger partial charge is 0.238 e. The molecular formula is C13H19N3O2S. The number of hydrogen-bond donors (Lipinski definition) is 2. The van der Waals surface area contributed by atoms with E-state index in [9.17, 15) is 8.42 Å². The van der Waals surface area contributed by atoms with Gasteiger partial charge in [-0.05, 0) is 31.0 Å². The van der Waals surface area contributed by atoms with Crippen LogP contribution in [0.25, 0.3) is 0 Å². The molecule has 0 bridgehead atoms. The van der Waals surface area contributed by atoms with E-state index in [1.54, 1.807) is 12.1 Å². The molecule has 1 aliphatic carbocycles. The zero-order valence-electron chi connectivity index (χ0n) is 10.7. The van der Waals surface area contributed by atoms with E-state index in [0.29, 0.717) is 17.4 Å². The van der Waals surface area contributed by atoms with Crippen LogP contribution in [-0.4, -0.2) is 14.3 Å². The second kappa shape index (κ2) is 5.71. The number of primary sulfonamides is 1. The van der Waals surface area contributed by atoms with Gasteiger partial charge in [0.25, 0.3) is 0 Å². The molecule has 2 rings (SSSR count). The van der Waals surface area contributed by atoms with Crippen LogP contribution >= 0.6 is 0 Å². The van der Waals surface area contributed by atoms with E-state index in [1.165, 1.54) is 31.4 Å². The van der Waals surface area contributed by atoms with E-state index >= 15 is 0 Å². The molecule has 1 aromatic carbocycles. The molecule has 19 heavy (non-hydrogen) atoms. The highest BCUT2D eigenvalue weighted by atomic mass is 32.2. The highest BCUT2D eigenvalue weighted by Gasteiger charge is 2.17. The highest BCUT2D eigenvalue weighted by molar-refractivity contribution is 7.89. The van der Waals surface area contributed by atoms with Crippen molar-refractivity contribution in [3.63, 3.8) is 0 Å². The van der Waals surface area contributed by atoms with E-state index in [4.69, 9.17) is 10.9 Å². The first-order valence-corrected chi connectivity index (χ1v) is 7.98. The molecule has 1 aliphatic rings. The first-order chi connectivity index (χ1) is 8.97. The fourth-order valence-electron chi connectivity index (χ4n) is 2.37. The molecule has 104 valence electrons. The molecule has 0 atom stereocenters. The molecule has 1 saturated carbocycles. The minimum absolute atomic E-state index is 0.0604. The van der Waals surface area contributed by atoms with Crippen LogP contribution in [0, 0.1) is 5.92 Å². The Hall–Kier alpha value is -1.40. The van der Waals surface area contributed by atoms with Gasteiger partial charge in [0.1, 0.15) is 5.84 Å². The molecule has 0 amide bonds. The summed E-state index contributed by atoms with van der Waals surface area (Å²) in [6, 6.07) is 6.24. The van der Waals surface area contributed by atoms with Gasteiger partial charge in [-0.15, -0.1) is 0 Å². The second-order valence-electron chi connectivity index (χ2n) is 4.91. The normalized spacial score (nSPS) is 18.5. The van der Waals surface area contributed by atoms with Crippen LogP contribution in [0.4, 0.5) is 5.69 Å². The standard InChI is InChI=1S/C13H19N3O2S/c14-13(10-5-2-1-3-6-10)16-11-7-4-8-12(9-11)19(15,17)18/h4,7-10H,1-3,5-6H2,(H2,14,16)(H2,15,17,18). The van der Waals surface area contributed by atoms with E-state index in [0.717, 1.165) is 12.8 Å². The lowest BCUT2D eigenvalue weighted by Crippen LogP contribution is -2.25. The van der Waals surface area contributed by atoms with Gasteiger partial charge in [0.15, 0.2) is 0 Å². The fraction of sp³-hybridized carbons (Fsp3) is 0.462. The Morgan fingerprint density at radius 1 is 1.21 bits per heavy atom. The Kier molecular flexibility index (Phi) is 4.21.